The summed E-state index contributed by atoms with van der Waals surface area (Å²) in [4.78, 5) is 13.8. The van der Waals surface area contributed by atoms with Crippen molar-refractivity contribution in [2.45, 2.75) is 72.8 Å². The number of aryl methyl sites for hydroxylation is 2. The van der Waals surface area contributed by atoms with Crippen LogP contribution < -0.4 is 0 Å². The van der Waals surface area contributed by atoms with Crippen LogP contribution in [0.15, 0.2) is 6.08 Å². The fraction of sp³-hybridized carbons (Fsp3) is 0.650. The summed E-state index contributed by atoms with van der Waals surface area (Å²) < 4.78 is 19.4. The maximum Gasteiger partial charge on any atom is 0.337 e. The molecule has 0 fully saturated rings. The Balaban J connectivity index is 2.47. The van der Waals surface area contributed by atoms with Gasteiger partial charge in [0.2, 0.25) is 0 Å². The van der Waals surface area contributed by atoms with Gasteiger partial charge in [-0.3, -0.25) is 0 Å². The Hall–Kier alpha value is -1.20. The zero-order chi connectivity index (χ0) is 18.7. The predicted molar refractivity (Wildman–Crippen MR) is 101 cm³/mol. The molecule has 0 amide bonds. The highest BCUT2D eigenvalue weighted by atomic mass is 32.1. The topological polar surface area (TPSA) is 46.5 Å². The molecule has 1 aliphatic carbocycles. The Morgan fingerprint density at radius 2 is 2.08 bits per heavy atom. The first kappa shape index (κ1) is 20.1. The van der Waals surface area contributed by atoms with E-state index in [0.717, 1.165) is 28.2 Å². The van der Waals surface area contributed by atoms with Crippen LogP contribution in [0.3, 0.4) is 0 Å². The van der Waals surface area contributed by atoms with Crippen LogP contribution in [0.5, 0.6) is 0 Å². The molecule has 0 saturated carbocycles. The smallest absolute Gasteiger partial charge is 0.337 e. The van der Waals surface area contributed by atoms with Gasteiger partial charge < -0.3 is 9.84 Å². The fourth-order valence-corrected chi connectivity index (χ4v) is 4.99. The molecule has 2 rings (SSSR count). The number of carboxylic acid groups (broad SMARTS) is 1. The molecule has 1 aromatic heterocycles. The van der Waals surface area contributed by atoms with E-state index < -0.39 is 18.4 Å². The summed E-state index contributed by atoms with van der Waals surface area (Å²) in [6, 6.07) is 0. The molecule has 140 valence electrons. The second-order valence-corrected chi connectivity index (χ2v) is 8.70. The average molecular weight is 369 g/mol. The first-order chi connectivity index (χ1) is 11.7. The predicted octanol–water partition coefficient (Wildman–Crippen LogP) is 6.05. The summed E-state index contributed by atoms with van der Waals surface area (Å²) in [5.41, 5.74) is 2.79. The van der Waals surface area contributed by atoms with Crippen LogP contribution in [0.1, 0.15) is 73.4 Å². The number of rotatable bonds is 7. The summed E-state index contributed by atoms with van der Waals surface area (Å²) in [7, 11) is 0. The van der Waals surface area contributed by atoms with Crippen LogP contribution in [0, 0.1) is 25.7 Å². The Labute approximate surface area is 153 Å². The summed E-state index contributed by atoms with van der Waals surface area (Å²) >= 11 is 1.57. The van der Waals surface area contributed by atoms with Gasteiger partial charge in [-0.15, -0.1) is 11.3 Å². The largest absolute Gasteiger partial charge is 0.479 e. The molecule has 0 aromatic carbocycles. The van der Waals surface area contributed by atoms with E-state index in [1.54, 1.807) is 11.3 Å². The number of carbonyl (C=O) groups is 1. The second-order valence-electron chi connectivity index (χ2n) is 7.27. The molecule has 3 nitrogen and oxygen atoms in total. The molecular formula is C20H29FO3S. The fourth-order valence-electron chi connectivity index (χ4n) is 3.87. The lowest BCUT2D eigenvalue weighted by molar-refractivity contribution is -0.164. The van der Waals surface area contributed by atoms with Crippen molar-refractivity contribution in [1.82, 2.24) is 0 Å². The number of alkyl halides is 1. The van der Waals surface area contributed by atoms with Crippen molar-refractivity contribution in [3.63, 3.8) is 0 Å². The van der Waals surface area contributed by atoms with Crippen LogP contribution in [-0.2, 0) is 9.53 Å². The number of carboxylic acids is 1. The van der Waals surface area contributed by atoms with Gasteiger partial charge in [0.1, 0.15) is 0 Å². The second kappa shape index (κ2) is 8.45. The SMILES string of the molecule is CCCC(F)OC(C(=O)O)c1c(C)sc(C)c1C1=CC(C)CC(C)C1. The minimum atomic E-state index is -1.56. The van der Waals surface area contributed by atoms with Gasteiger partial charge in [0, 0.05) is 21.7 Å². The van der Waals surface area contributed by atoms with E-state index in [9.17, 15) is 14.3 Å². The molecule has 1 aliphatic rings. The van der Waals surface area contributed by atoms with Crippen molar-refractivity contribution in [2.75, 3.05) is 0 Å². The van der Waals surface area contributed by atoms with Crippen LogP contribution in [0.25, 0.3) is 5.57 Å². The Morgan fingerprint density at radius 1 is 1.40 bits per heavy atom. The number of hydrogen-bond donors (Lipinski definition) is 1. The maximum atomic E-state index is 14.0. The Kier molecular flexibility index (Phi) is 6.80. The van der Waals surface area contributed by atoms with Crippen molar-refractivity contribution in [1.29, 1.82) is 0 Å². The standard InChI is InChI=1S/C20H29FO3S/c1-6-7-16(21)24-19(20(22)23)18-14(5)25-13(4)17(18)15-9-11(2)8-12(3)10-15/h9,11-12,16,19H,6-8,10H2,1-5H3,(H,22,23). The first-order valence-corrected chi connectivity index (χ1v) is 9.89. The number of halogens is 1. The van der Waals surface area contributed by atoms with Crippen molar-refractivity contribution in [3.05, 3.63) is 27.0 Å². The lowest BCUT2D eigenvalue weighted by Gasteiger charge is -2.26. The van der Waals surface area contributed by atoms with E-state index in [0.29, 0.717) is 23.8 Å². The third-order valence-electron chi connectivity index (χ3n) is 4.74. The van der Waals surface area contributed by atoms with E-state index in [-0.39, 0.29) is 6.42 Å². The monoisotopic (exact) mass is 368 g/mol. The van der Waals surface area contributed by atoms with E-state index in [2.05, 4.69) is 19.9 Å². The lowest BCUT2D eigenvalue weighted by Crippen LogP contribution is -2.22. The molecule has 4 atom stereocenters. The van der Waals surface area contributed by atoms with Gasteiger partial charge in [0.25, 0.3) is 0 Å². The molecule has 1 heterocycles. The van der Waals surface area contributed by atoms with Gasteiger partial charge in [0.15, 0.2) is 12.5 Å². The molecule has 0 saturated heterocycles. The lowest BCUT2D eigenvalue weighted by atomic mass is 9.80. The van der Waals surface area contributed by atoms with Crippen molar-refractivity contribution in [2.24, 2.45) is 11.8 Å². The molecule has 5 heteroatoms. The highest BCUT2D eigenvalue weighted by Gasteiger charge is 2.33. The third kappa shape index (κ3) is 4.70. The number of aliphatic carboxylic acids is 1. The Morgan fingerprint density at radius 3 is 2.64 bits per heavy atom. The van der Waals surface area contributed by atoms with Gasteiger partial charge in [-0.05, 0) is 49.7 Å². The van der Waals surface area contributed by atoms with Gasteiger partial charge in [-0.25, -0.2) is 9.18 Å². The molecule has 0 radical (unpaired) electrons. The molecule has 25 heavy (non-hydrogen) atoms. The van der Waals surface area contributed by atoms with E-state index in [4.69, 9.17) is 4.74 Å². The number of ether oxygens (including phenoxy) is 1. The summed E-state index contributed by atoms with van der Waals surface area (Å²) in [5, 5.41) is 9.70. The summed E-state index contributed by atoms with van der Waals surface area (Å²) in [6.07, 6.45) is 2.32. The van der Waals surface area contributed by atoms with Gasteiger partial charge in [-0.1, -0.05) is 33.3 Å². The number of allylic oxidation sites excluding steroid dienone is 2. The Bertz CT molecular complexity index is 650. The first-order valence-electron chi connectivity index (χ1n) is 9.07. The zero-order valence-corrected chi connectivity index (χ0v) is 16.6. The number of hydrogen-bond acceptors (Lipinski definition) is 3. The average Bonchev–Trinajstić information content (AvgIpc) is 2.78. The molecule has 0 spiro atoms. The van der Waals surface area contributed by atoms with Gasteiger partial charge >= 0.3 is 5.97 Å². The highest BCUT2D eigenvalue weighted by molar-refractivity contribution is 7.12. The summed E-state index contributed by atoms with van der Waals surface area (Å²) in [5.74, 6) is -0.108. The molecular weight excluding hydrogens is 339 g/mol. The third-order valence-corrected chi connectivity index (χ3v) is 5.78. The van der Waals surface area contributed by atoms with Crippen molar-refractivity contribution < 1.29 is 19.0 Å². The molecule has 1 N–H and O–H groups in total. The minimum absolute atomic E-state index is 0.206. The molecule has 4 unspecified atom stereocenters. The van der Waals surface area contributed by atoms with E-state index in [1.807, 2.05) is 20.8 Å². The van der Waals surface area contributed by atoms with Crippen LogP contribution in [0.2, 0.25) is 0 Å². The number of thiophene rings is 1. The normalized spacial score (nSPS) is 23.2. The quantitative estimate of drug-likeness (QED) is 0.637. The summed E-state index contributed by atoms with van der Waals surface area (Å²) in [6.45, 7) is 10.2. The van der Waals surface area contributed by atoms with E-state index in [1.165, 1.54) is 5.57 Å². The minimum Gasteiger partial charge on any atom is -0.479 e. The van der Waals surface area contributed by atoms with Crippen LogP contribution in [0.4, 0.5) is 4.39 Å². The van der Waals surface area contributed by atoms with Crippen LogP contribution in [-0.4, -0.2) is 17.4 Å². The molecule has 1 aromatic rings. The van der Waals surface area contributed by atoms with Gasteiger partial charge in [-0.2, -0.15) is 0 Å². The zero-order valence-electron chi connectivity index (χ0n) is 15.8. The molecule has 0 bridgehead atoms. The van der Waals surface area contributed by atoms with Crippen molar-refractivity contribution >= 4 is 22.9 Å². The highest BCUT2D eigenvalue weighted by Crippen LogP contribution is 2.43. The maximum absolute atomic E-state index is 14.0. The van der Waals surface area contributed by atoms with Gasteiger partial charge in [0.05, 0.1) is 0 Å². The van der Waals surface area contributed by atoms with E-state index >= 15 is 0 Å². The van der Waals surface area contributed by atoms with Crippen LogP contribution >= 0.6 is 11.3 Å². The molecule has 0 aliphatic heterocycles. The van der Waals surface area contributed by atoms with Crippen molar-refractivity contribution in [3.8, 4) is 0 Å².